The molecule has 0 unspecified atom stereocenters. The van der Waals surface area contributed by atoms with E-state index in [9.17, 15) is 0 Å². The third-order valence-corrected chi connectivity index (χ3v) is 6.17. The number of aromatic nitrogens is 2. The van der Waals surface area contributed by atoms with Gasteiger partial charge >= 0.3 is 0 Å². The van der Waals surface area contributed by atoms with Crippen molar-refractivity contribution in [1.82, 2.24) is 4.57 Å². The van der Waals surface area contributed by atoms with Crippen LogP contribution in [0.4, 0.5) is 0 Å². The third-order valence-electron chi connectivity index (χ3n) is 4.39. The highest BCUT2D eigenvalue weighted by atomic mass is 32.1. The standard InChI is InChI=1S/C20H33N2S/c1-16(2)19-14-18(20(23-19)17(3)4)10-8-6-7-9-11-22-13-12-21(5)15-22/h12-17H,6-11H2,1-5H3/q+1. The Balaban J connectivity index is 1.73. The van der Waals surface area contributed by atoms with Gasteiger partial charge in [-0.3, -0.25) is 0 Å². The van der Waals surface area contributed by atoms with Crippen LogP contribution in [-0.4, -0.2) is 4.57 Å². The predicted octanol–water partition coefficient (Wildman–Crippen LogP) is 5.42. The summed E-state index contributed by atoms with van der Waals surface area (Å²) >= 11 is 2.04. The van der Waals surface area contributed by atoms with Gasteiger partial charge in [0.2, 0.25) is 6.33 Å². The first-order valence-electron chi connectivity index (χ1n) is 9.11. The van der Waals surface area contributed by atoms with Crippen LogP contribution in [0.5, 0.6) is 0 Å². The summed E-state index contributed by atoms with van der Waals surface area (Å²) in [4.78, 5) is 3.18. The van der Waals surface area contributed by atoms with Gasteiger partial charge in [0.25, 0.3) is 0 Å². The SMILES string of the molecule is CC(C)c1cc(CCCCCCn2cc[n+](C)c2)c(C(C)C)s1. The molecular formula is C20H33N2S+. The normalized spacial score (nSPS) is 11.8. The van der Waals surface area contributed by atoms with Gasteiger partial charge in [-0.25, -0.2) is 9.13 Å². The van der Waals surface area contributed by atoms with Crippen molar-refractivity contribution in [2.24, 2.45) is 7.05 Å². The molecule has 23 heavy (non-hydrogen) atoms. The van der Waals surface area contributed by atoms with Crippen LogP contribution in [0.25, 0.3) is 0 Å². The lowest BCUT2D eigenvalue weighted by molar-refractivity contribution is -0.671. The molecule has 128 valence electrons. The van der Waals surface area contributed by atoms with Crippen LogP contribution in [-0.2, 0) is 20.0 Å². The third kappa shape index (κ3) is 5.49. The first kappa shape index (κ1) is 18.3. The van der Waals surface area contributed by atoms with Crippen molar-refractivity contribution in [3.05, 3.63) is 40.1 Å². The monoisotopic (exact) mass is 333 g/mol. The molecule has 0 aromatic carbocycles. The molecule has 0 saturated heterocycles. The van der Waals surface area contributed by atoms with Crippen LogP contribution in [0.3, 0.4) is 0 Å². The molecule has 2 aromatic rings. The highest BCUT2D eigenvalue weighted by molar-refractivity contribution is 7.12. The minimum atomic E-state index is 0.661. The molecule has 2 nitrogen and oxygen atoms in total. The van der Waals surface area contributed by atoms with Gasteiger partial charge in [-0.15, -0.1) is 11.3 Å². The number of hydrogen-bond donors (Lipinski definition) is 0. The van der Waals surface area contributed by atoms with Crippen LogP contribution in [0.1, 0.15) is 80.5 Å². The molecule has 3 heteroatoms. The van der Waals surface area contributed by atoms with Gasteiger partial charge in [0.05, 0.1) is 13.6 Å². The molecule has 0 aliphatic carbocycles. The Morgan fingerprint density at radius 3 is 2.39 bits per heavy atom. The fraction of sp³-hybridized carbons (Fsp3) is 0.650. The molecule has 0 atom stereocenters. The quantitative estimate of drug-likeness (QED) is 0.428. The summed E-state index contributed by atoms with van der Waals surface area (Å²) in [6.45, 7) is 10.4. The largest absolute Gasteiger partial charge is 0.243 e. The van der Waals surface area contributed by atoms with Crippen molar-refractivity contribution in [3.8, 4) is 0 Å². The fourth-order valence-corrected chi connectivity index (χ4v) is 4.25. The molecule has 2 heterocycles. The summed E-state index contributed by atoms with van der Waals surface area (Å²) in [5, 5.41) is 0. The van der Waals surface area contributed by atoms with E-state index in [4.69, 9.17) is 0 Å². The van der Waals surface area contributed by atoms with Gasteiger partial charge in [0, 0.05) is 9.75 Å². The molecule has 0 fully saturated rings. The molecule has 0 aliphatic rings. The molecule has 0 amide bonds. The minimum Gasteiger partial charge on any atom is -0.240 e. The Bertz CT molecular complexity index is 593. The second-order valence-corrected chi connectivity index (χ2v) is 8.44. The first-order valence-corrected chi connectivity index (χ1v) is 9.92. The van der Waals surface area contributed by atoms with Gasteiger partial charge in [0.1, 0.15) is 12.4 Å². The molecule has 2 aromatic heterocycles. The number of nitrogens with zero attached hydrogens (tertiary/aromatic N) is 2. The van der Waals surface area contributed by atoms with Crippen LogP contribution < -0.4 is 4.57 Å². The molecule has 0 bridgehead atoms. The molecular weight excluding hydrogens is 300 g/mol. The molecule has 0 spiro atoms. The zero-order chi connectivity index (χ0) is 16.8. The average Bonchev–Trinajstić information content (AvgIpc) is 3.09. The molecule has 2 rings (SSSR count). The van der Waals surface area contributed by atoms with Crippen molar-refractivity contribution < 1.29 is 4.57 Å². The Morgan fingerprint density at radius 1 is 1.04 bits per heavy atom. The van der Waals surface area contributed by atoms with E-state index in [0.717, 1.165) is 6.54 Å². The molecule has 0 aliphatic heterocycles. The number of aryl methyl sites for hydroxylation is 3. The van der Waals surface area contributed by atoms with E-state index in [1.807, 2.05) is 11.3 Å². The highest BCUT2D eigenvalue weighted by Gasteiger charge is 2.13. The Labute approximate surface area is 146 Å². The van der Waals surface area contributed by atoms with Crippen molar-refractivity contribution >= 4 is 11.3 Å². The number of hydrogen-bond acceptors (Lipinski definition) is 1. The molecule has 0 N–H and O–H groups in total. The predicted molar refractivity (Wildman–Crippen MR) is 100 cm³/mol. The lowest BCUT2D eigenvalue weighted by atomic mass is 10.0. The van der Waals surface area contributed by atoms with E-state index in [0.29, 0.717) is 11.8 Å². The zero-order valence-corrected chi connectivity index (χ0v) is 16.3. The summed E-state index contributed by atoms with van der Waals surface area (Å²) in [6, 6.07) is 2.48. The Hall–Kier alpha value is -1.09. The van der Waals surface area contributed by atoms with Gasteiger partial charge < -0.3 is 0 Å². The second kappa shape index (κ2) is 8.68. The minimum absolute atomic E-state index is 0.661. The van der Waals surface area contributed by atoms with Crippen LogP contribution in [0, 0.1) is 0 Å². The van der Waals surface area contributed by atoms with Crippen molar-refractivity contribution in [3.63, 3.8) is 0 Å². The smallest absolute Gasteiger partial charge is 0.240 e. The summed E-state index contributed by atoms with van der Waals surface area (Å²) in [5.74, 6) is 1.33. The van der Waals surface area contributed by atoms with Gasteiger partial charge in [-0.1, -0.05) is 34.1 Å². The van der Waals surface area contributed by atoms with E-state index in [-0.39, 0.29) is 0 Å². The summed E-state index contributed by atoms with van der Waals surface area (Å²) < 4.78 is 4.39. The maximum absolute atomic E-state index is 2.48. The van der Waals surface area contributed by atoms with Crippen molar-refractivity contribution in [2.45, 2.75) is 78.2 Å². The summed E-state index contributed by atoms with van der Waals surface area (Å²) in [6.07, 6.45) is 13.0. The van der Waals surface area contributed by atoms with Crippen LogP contribution in [0.15, 0.2) is 24.8 Å². The number of rotatable bonds is 9. The maximum atomic E-state index is 2.48. The molecule has 0 radical (unpaired) electrons. The van der Waals surface area contributed by atoms with E-state index in [1.54, 1.807) is 15.3 Å². The highest BCUT2D eigenvalue weighted by Crippen LogP contribution is 2.34. The van der Waals surface area contributed by atoms with Crippen molar-refractivity contribution in [1.29, 1.82) is 0 Å². The van der Waals surface area contributed by atoms with Gasteiger partial charge in [-0.05, 0) is 49.1 Å². The van der Waals surface area contributed by atoms with E-state index < -0.39 is 0 Å². The average molecular weight is 334 g/mol. The lowest BCUT2D eigenvalue weighted by Crippen LogP contribution is -2.23. The van der Waals surface area contributed by atoms with Crippen LogP contribution >= 0.6 is 11.3 Å². The van der Waals surface area contributed by atoms with E-state index in [2.05, 4.69) is 68.7 Å². The lowest BCUT2D eigenvalue weighted by Gasteiger charge is -2.06. The van der Waals surface area contributed by atoms with Crippen LogP contribution in [0.2, 0.25) is 0 Å². The topological polar surface area (TPSA) is 8.81 Å². The fourth-order valence-electron chi connectivity index (χ4n) is 3.03. The van der Waals surface area contributed by atoms with E-state index in [1.165, 1.54) is 32.1 Å². The van der Waals surface area contributed by atoms with Gasteiger partial charge in [0.15, 0.2) is 0 Å². The summed E-state index contributed by atoms with van der Waals surface area (Å²) in [7, 11) is 2.08. The van der Waals surface area contributed by atoms with Gasteiger partial charge in [-0.2, -0.15) is 0 Å². The zero-order valence-electron chi connectivity index (χ0n) is 15.5. The number of thiophene rings is 1. The maximum Gasteiger partial charge on any atom is 0.243 e. The number of imidazole rings is 1. The summed E-state index contributed by atoms with van der Waals surface area (Å²) in [5.41, 5.74) is 1.62. The number of unbranched alkanes of at least 4 members (excludes halogenated alkanes) is 3. The Morgan fingerprint density at radius 2 is 1.78 bits per heavy atom. The van der Waals surface area contributed by atoms with E-state index >= 15 is 0 Å². The van der Waals surface area contributed by atoms with Crippen molar-refractivity contribution in [2.75, 3.05) is 0 Å². The second-order valence-electron chi connectivity index (χ2n) is 7.33. The molecule has 0 saturated carbocycles. The first-order chi connectivity index (χ1) is 11.0. The Kier molecular flexibility index (Phi) is 6.88.